The molecule has 1 aromatic rings. The number of esters is 1. The summed E-state index contributed by atoms with van der Waals surface area (Å²) in [6, 6.07) is 3.41. The Hall–Kier alpha value is -2.11. The smallest absolute Gasteiger partial charge is 0.358 e. The Morgan fingerprint density at radius 1 is 1.50 bits per heavy atom. The Morgan fingerprint density at radius 2 is 2.14 bits per heavy atom. The minimum absolute atomic E-state index is 0.0650. The number of phenols is 1. The Bertz CT molecular complexity index is 387. The molecule has 0 heterocycles. The lowest BCUT2D eigenvalue weighted by molar-refractivity contribution is -0.730. The first-order valence-corrected chi connectivity index (χ1v) is 3.63. The van der Waals surface area contributed by atoms with E-state index in [1.807, 2.05) is 0 Å². The topological polar surface area (TPSA) is 86.8 Å². The molecule has 0 fully saturated rings. The van der Waals surface area contributed by atoms with E-state index in [1.54, 1.807) is 0 Å². The van der Waals surface area contributed by atoms with Gasteiger partial charge in [-0.15, -0.1) is 0 Å². The van der Waals surface area contributed by atoms with Crippen molar-refractivity contribution in [1.29, 1.82) is 0 Å². The average Bonchev–Trinajstić information content (AvgIpc) is 2.17. The van der Waals surface area contributed by atoms with Gasteiger partial charge in [0.2, 0.25) is 0 Å². The zero-order chi connectivity index (χ0) is 10.7. The standard InChI is InChI=1S/C8H7NO5/c1-14-8(11)5-2-3-7(10)6(4-5)9(12)13/h2-4H,1H3,(H-,10,11,12,13)/p+1. The molecule has 1 rings (SSSR count). The van der Waals surface area contributed by atoms with Crippen LogP contribution in [0.3, 0.4) is 0 Å². The molecule has 6 nitrogen and oxygen atoms in total. The van der Waals surface area contributed by atoms with Crippen molar-refractivity contribution in [2.45, 2.75) is 0 Å². The molecule has 1 aromatic carbocycles. The molecule has 2 N–H and O–H groups in total. The van der Waals surface area contributed by atoms with Crippen LogP contribution < -0.4 is 0 Å². The number of carbonyl (C=O) groups excluding carboxylic acids is 1. The molecule has 0 aliphatic rings. The zero-order valence-corrected chi connectivity index (χ0v) is 7.30. The monoisotopic (exact) mass is 198 g/mol. The Balaban J connectivity index is 3.19. The van der Waals surface area contributed by atoms with Crippen LogP contribution in [-0.4, -0.2) is 28.3 Å². The molecular formula is C8H8NO5+. The van der Waals surface area contributed by atoms with Crippen LogP contribution in [0.5, 0.6) is 5.75 Å². The molecule has 6 heteroatoms. The summed E-state index contributed by atoms with van der Waals surface area (Å²) in [5.74, 6) is -1.08. The van der Waals surface area contributed by atoms with Crippen LogP contribution in [0.2, 0.25) is 0 Å². The van der Waals surface area contributed by atoms with Crippen LogP contribution in [0.4, 0.5) is 5.69 Å². The van der Waals surface area contributed by atoms with E-state index in [0.29, 0.717) is 0 Å². The molecule has 0 unspecified atom stereocenters. The minimum atomic E-state index is -0.659. The number of ether oxygens (including phenoxy) is 1. The SMILES string of the molecule is COC(=O)c1ccc(O)c([N+](=O)O)c1. The maximum Gasteiger partial charge on any atom is 0.358 e. The number of methoxy groups -OCH3 is 1. The number of nitrogens with zero attached hydrogens (tertiary/aromatic N) is 1. The number of phenolic OH excluding ortho intramolecular Hbond substituents is 1. The molecule has 0 radical (unpaired) electrons. The Labute approximate surface area is 78.9 Å². The highest BCUT2D eigenvalue weighted by Gasteiger charge is 2.21. The van der Waals surface area contributed by atoms with Gasteiger partial charge in [0.25, 0.3) is 4.92 Å². The highest BCUT2D eigenvalue weighted by molar-refractivity contribution is 5.90. The summed E-state index contributed by atoms with van der Waals surface area (Å²) in [4.78, 5) is 21.0. The Morgan fingerprint density at radius 3 is 2.64 bits per heavy atom. The maximum absolute atomic E-state index is 11.0. The largest absolute Gasteiger partial charge is 0.502 e. The van der Waals surface area contributed by atoms with E-state index in [0.717, 1.165) is 12.1 Å². The predicted octanol–water partition coefficient (Wildman–Crippen LogP) is 0.978. The van der Waals surface area contributed by atoms with Crippen molar-refractivity contribution < 1.29 is 24.8 Å². The number of hydrogen-bond acceptors (Lipinski definition) is 4. The lowest BCUT2D eigenvalue weighted by Crippen LogP contribution is -2.02. The van der Waals surface area contributed by atoms with Gasteiger partial charge >= 0.3 is 11.7 Å². The second kappa shape index (κ2) is 3.73. The molecule has 0 saturated carbocycles. The van der Waals surface area contributed by atoms with Crippen molar-refractivity contribution in [3.8, 4) is 5.75 Å². The third kappa shape index (κ3) is 1.79. The van der Waals surface area contributed by atoms with Crippen LogP contribution in [0.15, 0.2) is 18.2 Å². The van der Waals surface area contributed by atoms with Crippen LogP contribution in [0.1, 0.15) is 10.4 Å². The van der Waals surface area contributed by atoms with Gasteiger partial charge in [0, 0.05) is 6.07 Å². The van der Waals surface area contributed by atoms with E-state index >= 15 is 0 Å². The molecule has 0 aliphatic heterocycles. The number of aromatic hydroxyl groups is 1. The third-order valence-electron chi connectivity index (χ3n) is 1.60. The van der Waals surface area contributed by atoms with E-state index in [9.17, 15) is 9.70 Å². The van der Waals surface area contributed by atoms with Crippen LogP contribution >= 0.6 is 0 Å². The van der Waals surface area contributed by atoms with E-state index in [-0.39, 0.29) is 5.56 Å². The van der Waals surface area contributed by atoms with E-state index in [2.05, 4.69) is 4.74 Å². The highest BCUT2D eigenvalue weighted by atomic mass is 16.6. The van der Waals surface area contributed by atoms with Gasteiger partial charge in [-0.05, 0) is 12.1 Å². The van der Waals surface area contributed by atoms with Crippen molar-refractivity contribution >= 4 is 11.7 Å². The average molecular weight is 198 g/mol. The molecule has 74 valence electrons. The summed E-state index contributed by atoms with van der Waals surface area (Å²) in [7, 11) is 1.18. The molecular weight excluding hydrogens is 190 g/mol. The normalized spacial score (nSPS) is 9.50. The second-order valence-electron chi connectivity index (χ2n) is 2.47. The van der Waals surface area contributed by atoms with Gasteiger partial charge < -0.3 is 9.84 Å². The van der Waals surface area contributed by atoms with Crippen molar-refractivity contribution in [3.05, 3.63) is 28.7 Å². The zero-order valence-electron chi connectivity index (χ0n) is 7.30. The van der Waals surface area contributed by atoms with Crippen LogP contribution in [-0.2, 0) is 4.74 Å². The van der Waals surface area contributed by atoms with Gasteiger partial charge in [0.05, 0.1) is 17.6 Å². The second-order valence-corrected chi connectivity index (χ2v) is 2.47. The fraction of sp³-hybridized carbons (Fsp3) is 0.125. The summed E-state index contributed by atoms with van der Waals surface area (Å²) in [6.45, 7) is 0. The van der Waals surface area contributed by atoms with Crippen LogP contribution in [0.25, 0.3) is 0 Å². The van der Waals surface area contributed by atoms with E-state index in [1.165, 1.54) is 13.2 Å². The summed E-state index contributed by atoms with van der Waals surface area (Å²) >= 11 is 0. The summed E-state index contributed by atoms with van der Waals surface area (Å²) < 4.78 is 4.39. The van der Waals surface area contributed by atoms with E-state index < -0.39 is 22.3 Å². The quantitative estimate of drug-likeness (QED) is 0.546. The fourth-order valence-corrected chi connectivity index (χ4v) is 0.921. The van der Waals surface area contributed by atoms with Crippen molar-refractivity contribution in [2.75, 3.05) is 7.11 Å². The Kier molecular flexibility index (Phi) is 2.66. The maximum atomic E-state index is 11.0. The van der Waals surface area contributed by atoms with Gasteiger partial charge in [-0.25, -0.2) is 10.0 Å². The fourth-order valence-electron chi connectivity index (χ4n) is 0.921. The molecule has 0 atom stereocenters. The molecule has 0 saturated heterocycles. The van der Waals surface area contributed by atoms with Gasteiger partial charge in [-0.3, -0.25) is 0 Å². The van der Waals surface area contributed by atoms with Gasteiger partial charge in [0.1, 0.15) is 0 Å². The van der Waals surface area contributed by atoms with Crippen molar-refractivity contribution in [3.63, 3.8) is 0 Å². The molecule has 14 heavy (non-hydrogen) atoms. The molecule has 0 bridgehead atoms. The van der Waals surface area contributed by atoms with Gasteiger partial charge in [-0.2, -0.15) is 0 Å². The number of hydrogen-bond donors (Lipinski definition) is 2. The first-order chi connectivity index (χ1) is 6.56. The van der Waals surface area contributed by atoms with Crippen LogP contribution in [0, 0.1) is 4.91 Å². The third-order valence-corrected chi connectivity index (χ3v) is 1.60. The number of rotatable bonds is 2. The minimum Gasteiger partial charge on any atom is -0.502 e. The molecule has 0 aromatic heterocycles. The summed E-state index contributed by atoms with van der Waals surface area (Å²) in [5.41, 5.74) is -0.344. The van der Waals surface area contributed by atoms with E-state index in [4.69, 9.17) is 10.3 Å². The highest BCUT2D eigenvalue weighted by Crippen LogP contribution is 2.25. The van der Waals surface area contributed by atoms with Gasteiger partial charge in [0.15, 0.2) is 5.75 Å². The first kappa shape index (κ1) is 9.97. The van der Waals surface area contributed by atoms with Crippen molar-refractivity contribution in [2.24, 2.45) is 0 Å². The molecule has 0 aliphatic carbocycles. The molecule has 0 spiro atoms. The predicted molar refractivity (Wildman–Crippen MR) is 44.5 cm³/mol. The first-order valence-electron chi connectivity index (χ1n) is 3.63. The molecule has 0 amide bonds. The van der Waals surface area contributed by atoms with Gasteiger partial charge in [-0.1, -0.05) is 0 Å². The number of benzene rings is 1. The lowest BCUT2D eigenvalue weighted by Gasteiger charge is -1.97. The lowest BCUT2D eigenvalue weighted by atomic mass is 10.2. The summed E-state index contributed by atoms with van der Waals surface area (Å²) in [5, 5.41) is 17.7. The summed E-state index contributed by atoms with van der Waals surface area (Å²) in [6.07, 6.45) is 0. The number of carbonyl (C=O) groups is 1. The van der Waals surface area contributed by atoms with Crippen molar-refractivity contribution in [1.82, 2.24) is 0 Å².